The van der Waals surface area contributed by atoms with Crippen LogP contribution in [0.5, 0.6) is 0 Å². The summed E-state index contributed by atoms with van der Waals surface area (Å²) in [5.41, 5.74) is 1.88. The SMILES string of the molecule is Cc1cc(I)ccc1NC1=C(F)N2SNC=C2C=C1C(=O)O. The molecule has 3 N–H and O–H groups in total. The molecule has 0 bridgehead atoms. The molecule has 0 aromatic heterocycles. The van der Waals surface area contributed by atoms with E-state index >= 15 is 0 Å². The van der Waals surface area contributed by atoms with Crippen molar-refractivity contribution in [2.24, 2.45) is 0 Å². The van der Waals surface area contributed by atoms with E-state index < -0.39 is 11.9 Å². The zero-order chi connectivity index (χ0) is 15.9. The number of aliphatic carboxylic acids is 1. The Morgan fingerprint density at radius 3 is 2.95 bits per heavy atom. The topological polar surface area (TPSA) is 64.6 Å². The number of anilines is 1. The number of halogens is 2. The molecule has 0 fully saturated rings. The molecule has 2 aliphatic rings. The van der Waals surface area contributed by atoms with E-state index in [1.807, 2.05) is 19.1 Å². The minimum Gasteiger partial charge on any atom is -0.478 e. The number of carbonyl (C=O) groups is 1. The van der Waals surface area contributed by atoms with Crippen LogP contribution in [0.3, 0.4) is 0 Å². The molecular formula is C14H11FIN3O2S. The largest absolute Gasteiger partial charge is 0.478 e. The molecule has 2 aliphatic heterocycles. The first-order valence-corrected chi connectivity index (χ1v) is 8.13. The number of rotatable bonds is 3. The van der Waals surface area contributed by atoms with Crippen LogP contribution in [0.1, 0.15) is 5.56 Å². The van der Waals surface area contributed by atoms with Crippen molar-refractivity contribution >= 4 is 46.4 Å². The molecule has 0 spiro atoms. The molecule has 2 heterocycles. The van der Waals surface area contributed by atoms with Gasteiger partial charge in [0.1, 0.15) is 5.70 Å². The smallest absolute Gasteiger partial charge is 0.338 e. The van der Waals surface area contributed by atoms with Crippen molar-refractivity contribution in [2.75, 3.05) is 5.32 Å². The van der Waals surface area contributed by atoms with E-state index in [1.54, 1.807) is 12.3 Å². The first kappa shape index (κ1) is 15.2. The number of carboxylic acids is 1. The molecule has 3 rings (SSSR count). The number of nitrogens with zero attached hydrogens (tertiary/aromatic N) is 1. The maximum Gasteiger partial charge on any atom is 0.338 e. The van der Waals surface area contributed by atoms with Gasteiger partial charge in [-0.25, -0.2) is 9.10 Å². The summed E-state index contributed by atoms with van der Waals surface area (Å²) in [5.74, 6) is -1.82. The summed E-state index contributed by atoms with van der Waals surface area (Å²) in [6.45, 7) is 1.88. The predicted molar refractivity (Wildman–Crippen MR) is 92.0 cm³/mol. The molecule has 0 saturated heterocycles. The van der Waals surface area contributed by atoms with Gasteiger partial charge in [0, 0.05) is 15.5 Å². The van der Waals surface area contributed by atoms with E-state index in [4.69, 9.17) is 0 Å². The third-order valence-electron chi connectivity index (χ3n) is 3.21. The number of allylic oxidation sites excluding steroid dienone is 1. The lowest BCUT2D eigenvalue weighted by Crippen LogP contribution is -2.23. The summed E-state index contributed by atoms with van der Waals surface area (Å²) in [6.07, 6.45) is 2.99. The molecule has 1 aromatic rings. The van der Waals surface area contributed by atoms with Gasteiger partial charge in [0.05, 0.1) is 23.4 Å². The quantitative estimate of drug-likeness (QED) is 0.387. The van der Waals surface area contributed by atoms with Crippen LogP contribution < -0.4 is 10.0 Å². The van der Waals surface area contributed by atoms with E-state index in [0.29, 0.717) is 11.4 Å². The Labute approximate surface area is 144 Å². The summed E-state index contributed by atoms with van der Waals surface area (Å²) < 4.78 is 19.8. The van der Waals surface area contributed by atoms with Crippen molar-refractivity contribution in [2.45, 2.75) is 6.92 Å². The normalized spacial score (nSPS) is 16.8. The van der Waals surface area contributed by atoms with E-state index in [1.165, 1.54) is 10.4 Å². The Morgan fingerprint density at radius 2 is 2.27 bits per heavy atom. The van der Waals surface area contributed by atoms with Crippen LogP contribution in [0, 0.1) is 10.5 Å². The Morgan fingerprint density at radius 1 is 1.50 bits per heavy atom. The molecule has 1 aromatic carbocycles. The lowest BCUT2D eigenvalue weighted by atomic mass is 10.1. The van der Waals surface area contributed by atoms with Gasteiger partial charge >= 0.3 is 5.97 Å². The number of fused-ring (bicyclic) bond motifs is 1. The Bertz CT molecular complexity index is 760. The number of benzene rings is 1. The molecule has 0 atom stereocenters. The van der Waals surface area contributed by atoms with Crippen LogP contribution in [0.4, 0.5) is 10.1 Å². The second kappa shape index (κ2) is 5.84. The summed E-state index contributed by atoms with van der Waals surface area (Å²) in [4.78, 5) is 11.4. The molecule has 0 aliphatic carbocycles. The zero-order valence-corrected chi connectivity index (χ0v) is 14.3. The summed E-state index contributed by atoms with van der Waals surface area (Å²) in [6, 6.07) is 5.61. The fraction of sp³-hybridized carbons (Fsp3) is 0.0714. The van der Waals surface area contributed by atoms with Gasteiger partial charge in [-0.1, -0.05) is 0 Å². The van der Waals surface area contributed by atoms with Crippen LogP contribution in [0.25, 0.3) is 0 Å². The van der Waals surface area contributed by atoms with Gasteiger partial charge in [-0.2, -0.15) is 4.39 Å². The van der Waals surface area contributed by atoms with E-state index in [-0.39, 0.29) is 11.3 Å². The van der Waals surface area contributed by atoms with Crippen molar-refractivity contribution in [3.63, 3.8) is 0 Å². The highest BCUT2D eigenvalue weighted by Gasteiger charge is 2.32. The van der Waals surface area contributed by atoms with Gasteiger partial charge in [-0.3, -0.25) is 0 Å². The van der Waals surface area contributed by atoms with Crippen molar-refractivity contribution < 1.29 is 14.3 Å². The number of carboxylic acid groups (broad SMARTS) is 1. The second-order valence-electron chi connectivity index (χ2n) is 4.69. The molecular weight excluding hydrogens is 420 g/mol. The average molecular weight is 431 g/mol. The van der Waals surface area contributed by atoms with E-state index in [0.717, 1.165) is 21.3 Å². The summed E-state index contributed by atoms with van der Waals surface area (Å²) in [5, 5.41) is 12.3. The van der Waals surface area contributed by atoms with Crippen molar-refractivity contribution in [1.29, 1.82) is 0 Å². The number of hydrogen-bond acceptors (Lipinski definition) is 5. The molecule has 0 amide bonds. The van der Waals surface area contributed by atoms with Gasteiger partial charge in [-0.15, -0.1) is 0 Å². The third-order valence-corrected chi connectivity index (χ3v) is 4.66. The maximum atomic E-state index is 14.6. The first-order chi connectivity index (χ1) is 10.5. The van der Waals surface area contributed by atoms with Crippen molar-refractivity contribution in [1.82, 2.24) is 9.03 Å². The Hall–Kier alpha value is -1.68. The first-order valence-electron chi connectivity index (χ1n) is 6.28. The fourth-order valence-corrected chi connectivity index (χ4v) is 3.43. The molecule has 0 unspecified atom stereocenters. The maximum absolute atomic E-state index is 14.6. The predicted octanol–water partition coefficient (Wildman–Crippen LogP) is 3.48. The van der Waals surface area contributed by atoms with E-state index in [2.05, 4.69) is 32.6 Å². The highest BCUT2D eigenvalue weighted by Crippen LogP contribution is 2.38. The highest BCUT2D eigenvalue weighted by atomic mass is 127. The molecule has 22 heavy (non-hydrogen) atoms. The minimum absolute atomic E-state index is 0.0508. The zero-order valence-electron chi connectivity index (χ0n) is 11.4. The highest BCUT2D eigenvalue weighted by molar-refractivity contribution is 14.1. The van der Waals surface area contributed by atoms with Crippen LogP contribution in [0.15, 0.2) is 53.4 Å². The van der Waals surface area contributed by atoms with Gasteiger partial charge in [0.2, 0.25) is 5.95 Å². The summed E-state index contributed by atoms with van der Waals surface area (Å²) >= 11 is 3.23. The lowest BCUT2D eigenvalue weighted by Gasteiger charge is -2.24. The average Bonchev–Trinajstić information content (AvgIpc) is 2.92. The molecule has 0 radical (unpaired) electrons. The lowest BCUT2D eigenvalue weighted by molar-refractivity contribution is -0.132. The van der Waals surface area contributed by atoms with Crippen molar-refractivity contribution in [3.8, 4) is 0 Å². The molecule has 114 valence electrons. The number of nitrogens with one attached hydrogen (secondary N) is 2. The second-order valence-corrected chi connectivity index (χ2v) is 6.71. The van der Waals surface area contributed by atoms with Gasteiger partial charge in [-0.05, 0) is 59.4 Å². The van der Waals surface area contributed by atoms with Crippen molar-refractivity contribution in [3.05, 3.63) is 62.5 Å². The van der Waals surface area contributed by atoms with Gasteiger partial charge < -0.3 is 15.1 Å². The Balaban J connectivity index is 2.03. The van der Waals surface area contributed by atoms with Gasteiger partial charge in [0.15, 0.2) is 0 Å². The van der Waals surface area contributed by atoms with E-state index in [9.17, 15) is 14.3 Å². The molecule has 0 saturated carbocycles. The monoisotopic (exact) mass is 431 g/mol. The third kappa shape index (κ3) is 2.68. The van der Waals surface area contributed by atoms with Crippen LogP contribution in [-0.4, -0.2) is 15.4 Å². The molecule has 5 nitrogen and oxygen atoms in total. The van der Waals surface area contributed by atoms with Crippen LogP contribution in [0.2, 0.25) is 0 Å². The molecule has 8 heteroatoms. The summed E-state index contributed by atoms with van der Waals surface area (Å²) in [7, 11) is 0. The Kier molecular flexibility index (Phi) is 4.04. The standard InChI is InChI=1S/C14H11FIN3O2S/c1-7-4-8(16)2-3-11(7)18-12-10(14(20)21)5-9-6-17-22-19(9)13(12)15/h2-6,17-18H,1H3,(H,20,21). The number of hydrogen-bond donors (Lipinski definition) is 3. The van der Waals surface area contributed by atoms with Gasteiger partial charge in [0.25, 0.3) is 0 Å². The number of aryl methyl sites for hydroxylation is 1. The van der Waals surface area contributed by atoms with Crippen LogP contribution >= 0.6 is 34.7 Å². The fourth-order valence-electron chi connectivity index (χ4n) is 2.13. The minimum atomic E-state index is -1.18. The van der Waals surface area contributed by atoms with Crippen LogP contribution in [-0.2, 0) is 4.79 Å².